The zero-order chi connectivity index (χ0) is 33.5. The molecule has 2 aliphatic carbocycles. The van der Waals surface area contributed by atoms with Crippen LogP contribution in [0.4, 0.5) is 0 Å². The van der Waals surface area contributed by atoms with Gasteiger partial charge in [0.15, 0.2) is 0 Å². The first-order valence-electron chi connectivity index (χ1n) is 18.9. The summed E-state index contributed by atoms with van der Waals surface area (Å²) in [7, 11) is 0. The minimum atomic E-state index is -0.658. The van der Waals surface area contributed by atoms with E-state index in [1.54, 1.807) is 0 Å². The van der Waals surface area contributed by atoms with Crippen LogP contribution in [0.5, 0.6) is 0 Å². The van der Waals surface area contributed by atoms with Crippen LogP contribution in [-0.4, -0.2) is 22.2 Å². The highest BCUT2D eigenvalue weighted by atomic mass is 16.4. The van der Waals surface area contributed by atoms with Crippen molar-refractivity contribution >= 4 is 11.9 Å². The Labute approximate surface area is 274 Å². The molecule has 0 saturated heterocycles. The second-order valence-electron chi connectivity index (χ2n) is 17.6. The van der Waals surface area contributed by atoms with Gasteiger partial charge in [-0.25, -0.2) is 0 Å². The molecule has 2 saturated carbocycles. The van der Waals surface area contributed by atoms with Gasteiger partial charge >= 0.3 is 11.9 Å². The summed E-state index contributed by atoms with van der Waals surface area (Å²) < 4.78 is 0. The number of rotatable bonds is 18. The standard InChI is InChI=1S/2C20H38O2/c2*1-15(8-6-9-16(2)14-19(21)22)11-12-18-17(3)10-7-13-20(18,4)5/h2*15-18H,6-14H2,1-5H3,(H,21,22). The van der Waals surface area contributed by atoms with Crippen LogP contribution < -0.4 is 0 Å². The number of carboxylic acid groups (broad SMARTS) is 2. The fraction of sp³-hybridized carbons (Fsp3) is 0.950. The normalized spacial score (nSPS) is 27.3. The molecule has 0 radical (unpaired) electrons. The minimum absolute atomic E-state index is 0.321. The average molecular weight is 621 g/mol. The zero-order valence-corrected chi connectivity index (χ0v) is 31.1. The predicted molar refractivity (Wildman–Crippen MR) is 188 cm³/mol. The van der Waals surface area contributed by atoms with Gasteiger partial charge < -0.3 is 10.2 Å². The summed E-state index contributed by atoms with van der Waals surface area (Å²) in [4.78, 5) is 21.4. The molecule has 2 fully saturated rings. The molecule has 0 aliphatic heterocycles. The van der Waals surface area contributed by atoms with Crippen molar-refractivity contribution in [3.63, 3.8) is 0 Å². The van der Waals surface area contributed by atoms with Crippen molar-refractivity contribution in [2.75, 3.05) is 0 Å². The first kappa shape index (κ1) is 41.0. The van der Waals surface area contributed by atoms with E-state index in [0.717, 1.165) is 48.3 Å². The second kappa shape index (κ2) is 20.2. The van der Waals surface area contributed by atoms with Crippen LogP contribution in [0.15, 0.2) is 0 Å². The summed E-state index contributed by atoms with van der Waals surface area (Å²) in [6, 6.07) is 0. The summed E-state index contributed by atoms with van der Waals surface area (Å²) in [5, 5.41) is 17.6. The molecule has 0 aromatic carbocycles. The Kier molecular flexibility index (Phi) is 18.8. The monoisotopic (exact) mass is 621 g/mol. The molecule has 0 heterocycles. The number of hydrogen-bond acceptors (Lipinski definition) is 2. The Morgan fingerprint density at radius 1 is 0.591 bits per heavy atom. The maximum absolute atomic E-state index is 10.7. The van der Waals surface area contributed by atoms with Gasteiger partial charge in [-0.15, -0.1) is 0 Å². The SMILES string of the molecule is CC(CCCC(C)CC(=O)O)CCC1C(C)CCCC1(C)C.CC(CCCC(C)CC(=O)O)CCC1C(C)CCCC1(C)C. The van der Waals surface area contributed by atoms with Crippen molar-refractivity contribution in [1.29, 1.82) is 0 Å². The van der Waals surface area contributed by atoms with Crippen LogP contribution in [0.1, 0.15) is 185 Å². The van der Waals surface area contributed by atoms with Gasteiger partial charge in [0, 0.05) is 12.8 Å². The van der Waals surface area contributed by atoms with Crippen LogP contribution in [-0.2, 0) is 9.59 Å². The second-order valence-corrected chi connectivity index (χ2v) is 17.6. The van der Waals surface area contributed by atoms with Gasteiger partial charge in [-0.05, 0) is 83.9 Å². The highest BCUT2D eigenvalue weighted by Crippen LogP contribution is 2.47. The number of carbonyl (C=O) groups is 2. The zero-order valence-electron chi connectivity index (χ0n) is 31.1. The van der Waals surface area contributed by atoms with E-state index in [4.69, 9.17) is 10.2 Å². The molecular weight excluding hydrogens is 544 g/mol. The first-order chi connectivity index (χ1) is 20.4. The van der Waals surface area contributed by atoms with Crippen molar-refractivity contribution in [2.24, 2.45) is 58.2 Å². The number of hydrogen-bond donors (Lipinski definition) is 2. The lowest BCUT2D eigenvalue weighted by molar-refractivity contribution is -0.139. The molecule has 0 amide bonds. The van der Waals surface area contributed by atoms with Gasteiger partial charge in [0.2, 0.25) is 0 Å². The molecule has 260 valence electrons. The summed E-state index contributed by atoms with van der Waals surface area (Å²) in [5.41, 5.74) is 1.04. The van der Waals surface area contributed by atoms with Crippen LogP contribution in [0.3, 0.4) is 0 Å². The Morgan fingerprint density at radius 2 is 0.909 bits per heavy atom. The first-order valence-corrected chi connectivity index (χ1v) is 18.9. The maximum atomic E-state index is 10.7. The van der Waals surface area contributed by atoms with E-state index in [1.165, 1.54) is 89.9 Å². The molecule has 2 rings (SSSR count). The third-order valence-corrected chi connectivity index (χ3v) is 12.1. The molecule has 8 atom stereocenters. The van der Waals surface area contributed by atoms with Crippen LogP contribution in [0.2, 0.25) is 0 Å². The van der Waals surface area contributed by atoms with E-state index in [2.05, 4.69) is 69.2 Å². The van der Waals surface area contributed by atoms with Gasteiger partial charge in [-0.2, -0.15) is 0 Å². The molecular formula is C40H76O4. The van der Waals surface area contributed by atoms with E-state index in [0.29, 0.717) is 35.5 Å². The van der Waals surface area contributed by atoms with E-state index in [9.17, 15) is 9.59 Å². The third kappa shape index (κ3) is 16.5. The molecule has 4 heteroatoms. The number of carboxylic acids is 2. The molecule has 44 heavy (non-hydrogen) atoms. The molecule has 2 aliphatic rings. The van der Waals surface area contributed by atoms with Crippen LogP contribution in [0, 0.1) is 58.2 Å². The van der Waals surface area contributed by atoms with Gasteiger partial charge in [-0.3, -0.25) is 9.59 Å². The predicted octanol–water partition coefficient (Wildman–Crippen LogP) is 12.3. The Bertz CT molecular complexity index is 735. The van der Waals surface area contributed by atoms with Crippen molar-refractivity contribution in [1.82, 2.24) is 0 Å². The van der Waals surface area contributed by atoms with Gasteiger partial charge in [0.05, 0.1) is 0 Å². The van der Waals surface area contributed by atoms with Gasteiger partial charge in [0.1, 0.15) is 0 Å². The largest absolute Gasteiger partial charge is 0.481 e. The highest BCUT2D eigenvalue weighted by molar-refractivity contribution is 5.67. The Balaban J connectivity index is 0.000000440. The van der Waals surface area contributed by atoms with Crippen molar-refractivity contribution in [2.45, 2.75) is 185 Å². The molecule has 2 N–H and O–H groups in total. The maximum Gasteiger partial charge on any atom is 0.303 e. The summed E-state index contributed by atoms with van der Waals surface area (Å²) in [6.07, 6.45) is 21.5. The Hall–Kier alpha value is -1.06. The summed E-state index contributed by atoms with van der Waals surface area (Å²) in [6.45, 7) is 23.6. The molecule has 0 bridgehead atoms. The van der Waals surface area contributed by atoms with E-state index >= 15 is 0 Å². The fourth-order valence-corrected chi connectivity index (χ4v) is 9.07. The molecule has 0 aromatic rings. The van der Waals surface area contributed by atoms with Gasteiger partial charge in [0.25, 0.3) is 0 Å². The quantitative estimate of drug-likeness (QED) is 0.160. The van der Waals surface area contributed by atoms with Gasteiger partial charge in [-0.1, -0.05) is 146 Å². The molecule has 0 aromatic heterocycles. The lowest BCUT2D eigenvalue weighted by atomic mass is 9.62. The minimum Gasteiger partial charge on any atom is -0.481 e. The average Bonchev–Trinajstić information content (AvgIpc) is 2.87. The van der Waals surface area contributed by atoms with Crippen LogP contribution in [0.25, 0.3) is 0 Å². The molecule has 4 nitrogen and oxygen atoms in total. The highest BCUT2D eigenvalue weighted by Gasteiger charge is 2.37. The van der Waals surface area contributed by atoms with E-state index in [1.807, 2.05) is 0 Å². The Morgan fingerprint density at radius 3 is 1.20 bits per heavy atom. The van der Waals surface area contributed by atoms with Crippen molar-refractivity contribution in [3.05, 3.63) is 0 Å². The van der Waals surface area contributed by atoms with E-state index in [-0.39, 0.29) is 0 Å². The topological polar surface area (TPSA) is 74.6 Å². The lowest BCUT2D eigenvalue weighted by Gasteiger charge is -2.43. The van der Waals surface area contributed by atoms with E-state index < -0.39 is 11.9 Å². The van der Waals surface area contributed by atoms with Crippen molar-refractivity contribution < 1.29 is 19.8 Å². The lowest BCUT2D eigenvalue weighted by Crippen LogP contribution is -2.33. The molecule has 8 unspecified atom stereocenters. The third-order valence-electron chi connectivity index (χ3n) is 12.1. The smallest absolute Gasteiger partial charge is 0.303 e. The fourth-order valence-electron chi connectivity index (χ4n) is 9.07. The summed E-state index contributed by atoms with van der Waals surface area (Å²) in [5.74, 6) is 4.42. The van der Waals surface area contributed by atoms with Crippen LogP contribution >= 0.6 is 0 Å². The number of aliphatic carboxylic acids is 2. The molecule has 0 spiro atoms. The van der Waals surface area contributed by atoms with Crippen molar-refractivity contribution in [3.8, 4) is 0 Å². The summed E-state index contributed by atoms with van der Waals surface area (Å²) >= 11 is 0.